The van der Waals surface area contributed by atoms with Crippen LogP contribution in [-0.2, 0) is 4.79 Å². The van der Waals surface area contributed by atoms with E-state index < -0.39 is 0 Å². The second-order valence-corrected chi connectivity index (χ2v) is 7.37. The Kier molecular flexibility index (Phi) is 5.89. The van der Waals surface area contributed by atoms with Gasteiger partial charge in [0, 0.05) is 51.9 Å². The third kappa shape index (κ3) is 4.48. The highest BCUT2D eigenvalue weighted by Crippen LogP contribution is 2.26. The Morgan fingerprint density at radius 2 is 1.80 bits per heavy atom. The zero-order valence-electron chi connectivity index (χ0n) is 15.9. The molecule has 0 radical (unpaired) electrons. The minimum absolute atomic E-state index is 0.348. The van der Waals surface area contributed by atoms with Gasteiger partial charge in [-0.25, -0.2) is 4.98 Å². The van der Waals surface area contributed by atoms with E-state index in [2.05, 4.69) is 31.6 Å². The number of piperazine rings is 1. The SMILES string of the molecule is CCN1CCN(C(=O)CC2CCN(c3nc(C)cnc3C)CC2)CC1. The molecule has 138 valence electrons. The average Bonchev–Trinajstić information content (AvgIpc) is 2.64. The summed E-state index contributed by atoms with van der Waals surface area (Å²) in [7, 11) is 0. The Labute approximate surface area is 151 Å². The maximum Gasteiger partial charge on any atom is 0.222 e. The van der Waals surface area contributed by atoms with Crippen LogP contribution in [0.3, 0.4) is 0 Å². The highest BCUT2D eigenvalue weighted by Gasteiger charge is 2.26. The molecule has 0 unspecified atom stereocenters. The third-order valence-corrected chi connectivity index (χ3v) is 5.60. The number of rotatable bonds is 4. The smallest absolute Gasteiger partial charge is 0.222 e. The average molecular weight is 345 g/mol. The van der Waals surface area contributed by atoms with Gasteiger partial charge in [0.1, 0.15) is 5.82 Å². The number of nitrogens with zero attached hydrogens (tertiary/aromatic N) is 5. The van der Waals surface area contributed by atoms with Crippen LogP contribution in [0, 0.1) is 19.8 Å². The molecule has 3 heterocycles. The third-order valence-electron chi connectivity index (χ3n) is 5.60. The predicted octanol–water partition coefficient (Wildman–Crippen LogP) is 1.86. The van der Waals surface area contributed by atoms with Gasteiger partial charge in [0.2, 0.25) is 5.91 Å². The predicted molar refractivity (Wildman–Crippen MR) is 99.8 cm³/mol. The van der Waals surface area contributed by atoms with Crippen molar-refractivity contribution in [3.8, 4) is 0 Å². The van der Waals surface area contributed by atoms with Crippen LogP contribution in [0.25, 0.3) is 0 Å². The Morgan fingerprint density at radius 1 is 1.12 bits per heavy atom. The number of aromatic nitrogens is 2. The highest BCUT2D eigenvalue weighted by molar-refractivity contribution is 5.76. The molecule has 0 atom stereocenters. The fraction of sp³-hybridized carbons (Fsp3) is 0.737. The Hall–Kier alpha value is -1.69. The van der Waals surface area contributed by atoms with Crippen molar-refractivity contribution in [3.05, 3.63) is 17.6 Å². The first-order chi connectivity index (χ1) is 12.1. The van der Waals surface area contributed by atoms with Crippen LogP contribution in [0.4, 0.5) is 5.82 Å². The van der Waals surface area contributed by atoms with Crippen molar-refractivity contribution in [1.29, 1.82) is 0 Å². The molecule has 0 N–H and O–H groups in total. The van der Waals surface area contributed by atoms with Gasteiger partial charge in [-0.2, -0.15) is 0 Å². The number of carbonyl (C=O) groups excluding carboxylic acids is 1. The normalized spacial score (nSPS) is 20.1. The number of piperidine rings is 1. The van der Waals surface area contributed by atoms with E-state index >= 15 is 0 Å². The van der Waals surface area contributed by atoms with E-state index in [9.17, 15) is 4.79 Å². The van der Waals surface area contributed by atoms with Gasteiger partial charge in [0.15, 0.2) is 0 Å². The monoisotopic (exact) mass is 345 g/mol. The summed E-state index contributed by atoms with van der Waals surface area (Å²) >= 11 is 0. The number of hydrogen-bond acceptors (Lipinski definition) is 5. The van der Waals surface area contributed by atoms with E-state index in [0.29, 0.717) is 18.2 Å². The van der Waals surface area contributed by atoms with Gasteiger partial charge >= 0.3 is 0 Å². The molecule has 6 nitrogen and oxygen atoms in total. The van der Waals surface area contributed by atoms with Crippen molar-refractivity contribution in [1.82, 2.24) is 19.8 Å². The summed E-state index contributed by atoms with van der Waals surface area (Å²) in [5, 5.41) is 0. The zero-order chi connectivity index (χ0) is 17.8. The van der Waals surface area contributed by atoms with Crippen molar-refractivity contribution in [3.63, 3.8) is 0 Å². The molecule has 6 heteroatoms. The van der Waals surface area contributed by atoms with Crippen LogP contribution in [0.2, 0.25) is 0 Å². The van der Waals surface area contributed by atoms with Crippen molar-refractivity contribution >= 4 is 11.7 Å². The van der Waals surface area contributed by atoms with Crippen LogP contribution in [0.1, 0.15) is 37.6 Å². The second-order valence-electron chi connectivity index (χ2n) is 7.37. The Bertz CT molecular complexity index is 589. The fourth-order valence-corrected chi connectivity index (χ4v) is 3.86. The molecule has 3 rings (SSSR count). The molecule has 2 fully saturated rings. The van der Waals surface area contributed by atoms with Crippen LogP contribution in [0.15, 0.2) is 6.20 Å². The quantitative estimate of drug-likeness (QED) is 0.834. The summed E-state index contributed by atoms with van der Waals surface area (Å²) in [6.07, 6.45) is 4.66. The molecule has 25 heavy (non-hydrogen) atoms. The molecule has 0 bridgehead atoms. The fourth-order valence-electron chi connectivity index (χ4n) is 3.86. The summed E-state index contributed by atoms with van der Waals surface area (Å²) in [4.78, 5) is 28.5. The molecule has 0 aliphatic carbocycles. The first-order valence-corrected chi connectivity index (χ1v) is 9.62. The van der Waals surface area contributed by atoms with Crippen LogP contribution in [-0.4, -0.2) is 71.5 Å². The molecule has 1 aromatic rings. The maximum absolute atomic E-state index is 12.6. The van der Waals surface area contributed by atoms with Gasteiger partial charge in [-0.15, -0.1) is 0 Å². The number of anilines is 1. The summed E-state index contributed by atoms with van der Waals surface area (Å²) in [5.41, 5.74) is 1.96. The van der Waals surface area contributed by atoms with E-state index in [1.165, 1.54) is 0 Å². The molecule has 0 spiro atoms. The van der Waals surface area contributed by atoms with Crippen LogP contribution in [0.5, 0.6) is 0 Å². The lowest BCUT2D eigenvalue weighted by Crippen LogP contribution is -2.49. The minimum atomic E-state index is 0.348. The largest absolute Gasteiger partial charge is 0.355 e. The lowest BCUT2D eigenvalue weighted by molar-refractivity contribution is -0.134. The van der Waals surface area contributed by atoms with Gasteiger partial charge in [-0.1, -0.05) is 6.92 Å². The van der Waals surface area contributed by atoms with E-state index in [-0.39, 0.29) is 0 Å². The lowest BCUT2D eigenvalue weighted by atomic mass is 9.92. The summed E-state index contributed by atoms with van der Waals surface area (Å²) in [6.45, 7) is 13.0. The van der Waals surface area contributed by atoms with Gasteiger partial charge < -0.3 is 14.7 Å². The van der Waals surface area contributed by atoms with Gasteiger partial charge in [0.25, 0.3) is 0 Å². The first kappa shape index (κ1) is 18.1. The summed E-state index contributed by atoms with van der Waals surface area (Å²) in [5.74, 6) is 1.87. The van der Waals surface area contributed by atoms with Crippen LogP contribution < -0.4 is 4.90 Å². The maximum atomic E-state index is 12.6. The zero-order valence-corrected chi connectivity index (χ0v) is 15.9. The Morgan fingerprint density at radius 3 is 2.44 bits per heavy atom. The molecule has 2 aliphatic rings. The lowest BCUT2D eigenvalue weighted by Gasteiger charge is -2.36. The summed E-state index contributed by atoms with van der Waals surface area (Å²) < 4.78 is 0. The molecule has 2 saturated heterocycles. The number of carbonyl (C=O) groups is 1. The van der Waals surface area contributed by atoms with Crippen LogP contribution >= 0.6 is 0 Å². The molecule has 1 amide bonds. The molecule has 0 aromatic carbocycles. The number of hydrogen-bond donors (Lipinski definition) is 0. The van der Waals surface area contributed by atoms with Gasteiger partial charge in [0.05, 0.1) is 11.4 Å². The summed E-state index contributed by atoms with van der Waals surface area (Å²) in [6, 6.07) is 0. The molecule has 0 saturated carbocycles. The van der Waals surface area contributed by atoms with Crippen molar-refractivity contribution in [2.75, 3.05) is 50.7 Å². The number of likely N-dealkylation sites (N-methyl/N-ethyl adjacent to an activating group) is 1. The second kappa shape index (κ2) is 8.13. The number of aryl methyl sites for hydroxylation is 2. The van der Waals surface area contributed by atoms with Crippen molar-refractivity contribution < 1.29 is 4.79 Å². The van der Waals surface area contributed by atoms with Crippen molar-refractivity contribution in [2.45, 2.75) is 40.0 Å². The van der Waals surface area contributed by atoms with Gasteiger partial charge in [-0.05, 0) is 39.2 Å². The molecule has 2 aliphatic heterocycles. The van der Waals surface area contributed by atoms with E-state index in [0.717, 1.165) is 75.9 Å². The van der Waals surface area contributed by atoms with E-state index in [1.54, 1.807) is 0 Å². The first-order valence-electron chi connectivity index (χ1n) is 9.62. The standard InChI is InChI=1S/C19H31N5O/c1-4-22-9-11-23(12-10-22)18(25)13-17-5-7-24(8-6-17)19-16(3)20-14-15(2)21-19/h14,17H,4-13H2,1-3H3. The van der Waals surface area contributed by atoms with E-state index in [4.69, 9.17) is 0 Å². The van der Waals surface area contributed by atoms with Crippen molar-refractivity contribution in [2.24, 2.45) is 5.92 Å². The topological polar surface area (TPSA) is 52.6 Å². The minimum Gasteiger partial charge on any atom is -0.355 e. The Balaban J connectivity index is 1.48. The molecular weight excluding hydrogens is 314 g/mol. The highest BCUT2D eigenvalue weighted by atomic mass is 16.2. The molecular formula is C19H31N5O. The van der Waals surface area contributed by atoms with Gasteiger partial charge in [-0.3, -0.25) is 9.78 Å². The molecule has 1 aromatic heterocycles. The number of amides is 1. The van der Waals surface area contributed by atoms with E-state index in [1.807, 2.05) is 20.0 Å².